The van der Waals surface area contributed by atoms with E-state index in [9.17, 15) is 18.3 Å². The Bertz CT molecular complexity index is 641. The highest BCUT2D eigenvalue weighted by atomic mass is 19.4. The Balaban J connectivity index is 1.61. The Hall–Kier alpha value is -2.39. The zero-order valence-corrected chi connectivity index (χ0v) is 13.3. The summed E-state index contributed by atoms with van der Waals surface area (Å²) in [4.78, 5) is 7.12. The number of hydrogen-bond acceptors (Lipinski definition) is 6. The topological polar surface area (TPSA) is 79.3 Å². The van der Waals surface area contributed by atoms with Crippen molar-refractivity contribution in [3.63, 3.8) is 0 Å². The van der Waals surface area contributed by atoms with Gasteiger partial charge in [0.1, 0.15) is 24.2 Å². The second-order valence-electron chi connectivity index (χ2n) is 5.17. The van der Waals surface area contributed by atoms with E-state index in [0.717, 1.165) is 12.3 Å². The van der Waals surface area contributed by atoms with Crippen molar-refractivity contribution in [2.24, 2.45) is 0 Å². The lowest BCUT2D eigenvalue weighted by atomic mass is 10.3. The van der Waals surface area contributed by atoms with Gasteiger partial charge in [0.25, 0.3) is 0 Å². The van der Waals surface area contributed by atoms with Gasteiger partial charge in [0.15, 0.2) is 0 Å². The van der Waals surface area contributed by atoms with Crippen LogP contribution in [0.1, 0.15) is 5.69 Å². The van der Waals surface area contributed by atoms with Gasteiger partial charge in [-0.2, -0.15) is 13.2 Å². The first-order valence-corrected chi connectivity index (χ1v) is 7.66. The number of aliphatic hydroxyl groups is 1. The minimum atomic E-state index is -4.50. The molecule has 0 fully saturated rings. The lowest BCUT2D eigenvalue weighted by Crippen LogP contribution is -2.34. The third kappa shape index (κ3) is 6.94. The molecule has 25 heavy (non-hydrogen) atoms. The van der Waals surface area contributed by atoms with E-state index in [1.54, 1.807) is 12.1 Å². The van der Waals surface area contributed by atoms with Crippen molar-refractivity contribution in [3.05, 3.63) is 48.3 Å². The molecule has 9 heteroatoms. The predicted octanol–water partition coefficient (Wildman–Crippen LogP) is 1.94. The van der Waals surface area contributed by atoms with E-state index < -0.39 is 18.0 Å². The van der Waals surface area contributed by atoms with Gasteiger partial charge < -0.3 is 20.5 Å². The number of anilines is 1. The number of aromatic nitrogens is 2. The number of aliphatic hydroxyl groups excluding tert-OH is 1. The summed E-state index contributed by atoms with van der Waals surface area (Å²) in [5, 5.41) is 15.5. The molecule has 1 aromatic carbocycles. The number of nitrogens with zero attached hydrogens (tertiary/aromatic N) is 2. The molecule has 2 aromatic rings. The molecule has 0 aliphatic carbocycles. The Morgan fingerprint density at radius 2 is 1.88 bits per heavy atom. The molecule has 3 N–H and O–H groups in total. The fraction of sp³-hybridized carbons (Fsp3) is 0.375. The zero-order chi connectivity index (χ0) is 18.1. The van der Waals surface area contributed by atoms with Gasteiger partial charge in [-0.15, -0.1) is 0 Å². The number of hydrogen-bond donors (Lipinski definition) is 3. The van der Waals surface area contributed by atoms with E-state index in [1.165, 1.54) is 0 Å². The number of para-hydroxylation sites is 1. The Kier molecular flexibility index (Phi) is 6.96. The van der Waals surface area contributed by atoms with Gasteiger partial charge in [0, 0.05) is 25.8 Å². The smallest absolute Gasteiger partial charge is 0.433 e. The maximum Gasteiger partial charge on any atom is 0.433 e. The van der Waals surface area contributed by atoms with Crippen LogP contribution in [-0.4, -0.2) is 47.4 Å². The van der Waals surface area contributed by atoms with E-state index >= 15 is 0 Å². The molecule has 0 amide bonds. The molecule has 0 saturated carbocycles. The number of rotatable bonds is 9. The van der Waals surface area contributed by atoms with Crippen molar-refractivity contribution in [2.45, 2.75) is 12.3 Å². The average Bonchev–Trinajstić information content (AvgIpc) is 2.60. The Labute approximate surface area is 143 Å². The fourth-order valence-electron chi connectivity index (χ4n) is 1.90. The van der Waals surface area contributed by atoms with Crippen molar-refractivity contribution < 1.29 is 23.0 Å². The number of benzene rings is 1. The molecule has 136 valence electrons. The van der Waals surface area contributed by atoms with E-state index in [4.69, 9.17) is 4.74 Å². The molecule has 0 saturated heterocycles. The Morgan fingerprint density at radius 3 is 2.60 bits per heavy atom. The molecular formula is C16H19F3N4O2. The van der Waals surface area contributed by atoms with Gasteiger partial charge in [-0.25, -0.2) is 9.97 Å². The van der Waals surface area contributed by atoms with Gasteiger partial charge in [0.05, 0.1) is 0 Å². The molecule has 1 heterocycles. The van der Waals surface area contributed by atoms with Crippen LogP contribution < -0.4 is 15.4 Å². The van der Waals surface area contributed by atoms with E-state index in [2.05, 4.69) is 20.6 Å². The van der Waals surface area contributed by atoms with Crippen molar-refractivity contribution in [2.75, 3.05) is 31.6 Å². The van der Waals surface area contributed by atoms with Gasteiger partial charge in [0.2, 0.25) is 5.95 Å². The van der Waals surface area contributed by atoms with Crippen LogP contribution in [0.3, 0.4) is 0 Å². The normalized spacial score (nSPS) is 12.6. The molecule has 0 aliphatic rings. The van der Waals surface area contributed by atoms with Crippen LogP contribution in [0.2, 0.25) is 0 Å². The average molecular weight is 356 g/mol. The quantitative estimate of drug-likeness (QED) is 0.596. The molecule has 0 spiro atoms. The Morgan fingerprint density at radius 1 is 1.12 bits per heavy atom. The highest BCUT2D eigenvalue weighted by molar-refractivity contribution is 5.25. The molecule has 0 unspecified atom stereocenters. The van der Waals surface area contributed by atoms with Crippen LogP contribution in [0, 0.1) is 0 Å². The number of alkyl halides is 3. The minimum Gasteiger partial charge on any atom is -0.491 e. The number of nitrogens with one attached hydrogen (secondary N) is 2. The maximum atomic E-state index is 12.5. The van der Waals surface area contributed by atoms with Crippen molar-refractivity contribution in [1.82, 2.24) is 15.3 Å². The molecule has 1 aromatic heterocycles. The summed E-state index contributed by atoms with van der Waals surface area (Å²) in [6.07, 6.45) is -4.15. The highest BCUT2D eigenvalue weighted by Gasteiger charge is 2.32. The molecule has 1 atom stereocenters. The predicted molar refractivity (Wildman–Crippen MR) is 86.3 cm³/mol. The van der Waals surface area contributed by atoms with Crippen LogP contribution in [0.15, 0.2) is 42.6 Å². The van der Waals surface area contributed by atoms with Crippen LogP contribution in [0.5, 0.6) is 5.75 Å². The summed E-state index contributed by atoms with van der Waals surface area (Å²) >= 11 is 0. The minimum absolute atomic E-state index is 0.0930. The summed E-state index contributed by atoms with van der Waals surface area (Å²) in [6, 6.07) is 9.93. The van der Waals surface area contributed by atoms with E-state index in [-0.39, 0.29) is 19.1 Å². The van der Waals surface area contributed by atoms with E-state index in [0.29, 0.717) is 18.8 Å². The first kappa shape index (κ1) is 18.9. The molecule has 0 aliphatic heterocycles. The molecule has 0 radical (unpaired) electrons. The van der Waals surface area contributed by atoms with Crippen LogP contribution in [0.4, 0.5) is 19.1 Å². The van der Waals surface area contributed by atoms with Crippen molar-refractivity contribution >= 4 is 5.95 Å². The van der Waals surface area contributed by atoms with Gasteiger partial charge in [-0.1, -0.05) is 18.2 Å². The number of ether oxygens (including phenoxy) is 1. The summed E-state index contributed by atoms with van der Waals surface area (Å²) in [7, 11) is 0. The monoisotopic (exact) mass is 356 g/mol. The van der Waals surface area contributed by atoms with E-state index in [1.807, 2.05) is 18.2 Å². The third-order valence-electron chi connectivity index (χ3n) is 3.10. The second kappa shape index (κ2) is 9.19. The largest absolute Gasteiger partial charge is 0.491 e. The molecular weight excluding hydrogens is 337 g/mol. The lowest BCUT2D eigenvalue weighted by molar-refractivity contribution is -0.141. The highest BCUT2D eigenvalue weighted by Crippen LogP contribution is 2.27. The molecule has 6 nitrogen and oxygen atoms in total. The summed E-state index contributed by atoms with van der Waals surface area (Å²) < 4.78 is 43.0. The van der Waals surface area contributed by atoms with Crippen molar-refractivity contribution in [1.29, 1.82) is 0 Å². The van der Waals surface area contributed by atoms with Crippen LogP contribution >= 0.6 is 0 Å². The fourth-order valence-corrected chi connectivity index (χ4v) is 1.90. The number of halogens is 3. The third-order valence-corrected chi connectivity index (χ3v) is 3.10. The van der Waals surface area contributed by atoms with Gasteiger partial charge in [-0.3, -0.25) is 0 Å². The molecule has 2 rings (SSSR count). The summed E-state index contributed by atoms with van der Waals surface area (Å²) in [5.41, 5.74) is -0.994. The van der Waals surface area contributed by atoms with Crippen LogP contribution in [-0.2, 0) is 6.18 Å². The summed E-state index contributed by atoms with van der Waals surface area (Å²) in [6.45, 7) is 1.16. The second-order valence-corrected chi connectivity index (χ2v) is 5.17. The molecule has 0 bridgehead atoms. The van der Waals surface area contributed by atoms with Gasteiger partial charge in [-0.05, 0) is 18.2 Å². The van der Waals surface area contributed by atoms with Crippen molar-refractivity contribution in [3.8, 4) is 5.75 Å². The summed E-state index contributed by atoms with van der Waals surface area (Å²) in [5.74, 6) is 0.578. The maximum absolute atomic E-state index is 12.5. The first-order chi connectivity index (χ1) is 11.9. The van der Waals surface area contributed by atoms with Crippen LogP contribution in [0.25, 0.3) is 0 Å². The SMILES string of the molecule is O[C@@H](CNCCNc1nccc(C(F)(F)F)n1)COc1ccccc1. The zero-order valence-electron chi connectivity index (χ0n) is 13.3. The lowest BCUT2D eigenvalue weighted by Gasteiger charge is -2.13. The standard InChI is InChI=1S/C16H19F3N4O2/c17-16(18,19)14-6-7-21-15(23-14)22-9-8-20-10-12(24)11-25-13-4-2-1-3-5-13/h1-7,12,20,24H,8-11H2,(H,21,22,23)/t12-/m0/s1. The van der Waals surface area contributed by atoms with Gasteiger partial charge >= 0.3 is 6.18 Å². The first-order valence-electron chi connectivity index (χ1n) is 7.66.